The van der Waals surface area contributed by atoms with Gasteiger partial charge in [-0.1, -0.05) is 28.4 Å². The van der Waals surface area contributed by atoms with Crippen LogP contribution in [0.15, 0.2) is 47.2 Å². The lowest BCUT2D eigenvalue weighted by molar-refractivity contribution is 0.439. The van der Waals surface area contributed by atoms with Crippen LogP contribution in [0.5, 0.6) is 0 Å². The molecule has 0 aliphatic carbocycles. The Morgan fingerprint density at radius 1 is 0.950 bits per heavy atom. The van der Waals surface area contributed by atoms with Crippen molar-refractivity contribution in [3.8, 4) is 22.4 Å². The molecule has 2 heterocycles. The highest BCUT2D eigenvalue weighted by atomic mass is 35.5. The number of halogens is 2. The number of nitrogens with two attached hydrogens (primary N) is 1. The maximum atomic E-state index is 6.02. The zero-order valence-corrected chi connectivity index (χ0v) is 11.7. The number of benzene rings is 1. The van der Waals surface area contributed by atoms with Gasteiger partial charge in [0, 0.05) is 28.0 Å². The van der Waals surface area contributed by atoms with Crippen LogP contribution in [-0.2, 0) is 0 Å². The van der Waals surface area contributed by atoms with Crippen molar-refractivity contribution in [1.29, 1.82) is 0 Å². The van der Waals surface area contributed by atoms with Gasteiger partial charge in [-0.15, -0.1) is 0 Å². The van der Waals surface area contributed by atoms with Crippen molar-refractivity contribution in [2.45, 2.75) is 0 Å². The molecule has 0 unspecified atom stereocenters. The quantitative estimate of drug-likeness (QED) is 0.767. The molecule has 0 fully saturated rings. The van der Waals surface area contributed by atoms with E-state index in [1.807, 2.05) is 12.1 Å². The van der Waals surface area contributed by atoms with E-state index in [9.17, 15) is 0 Å². The van der Waals surface area contributed by atoms with Gasteiger partial charge in [0.2, 0.25) is 5.88 Å². The van der Waals surface area contributed by atoms with Crippen molar-refractivity contribution >= 4 is 29.1 Å². The molecule has 0 saturated carbocycles. The summed E-state index contributed by atoms with van der Waals surface area (Å²) < 4.78 is 5.11. The molecule has 6 heteroatoms. The number of hydrogen-bond acceptors (Lipinski definition) is 4. The van der Waals surface area contributed by atoms with Gasteiger partial charge in [-0.3, -0.25) is 4.98 Å². The first-order valence-electron chi connectivity index (χ1n) is 5.77. The van der Waals surface area contributed by atoms with Crippen molar-refractivity contribution in [2.75, 3.05) is 5.73 Å². The van der Waals surface area contributed by atoms with Crippen LogP contribution < -0.4 is 5.73 Å². The van der Waals surface area contributed by atoms with Crippen LogP contribution in [0, 0.1) is 0 Å². The molecule has 20 heavy (non-hydrogen) atoms. The summed E-state index contributed by atoms with van der Waals surface area (Å²) in [6.07, 6.45) is 3.35. The summed E-state index contributed by atoms with van der Waals surface area (Å²) in [6.45, 7) is 0. The normalized spacial score (nSPS) is 10.7. The predicted molar refractivity (Wildman–Crippen MR) is 79.6 cm³/mol. The van der Waals surface area contributed by atoms with Crippen molar-refractivity contribution in [3.05, 3.63) is 52.8 Å². The third-order valence-electron chi connectivity index (χ3n) is 2.82. The summed E-state index contributed by atoms with van der Waals surface area (Å²) in [6, 6.07) is 8.84. The molecular formula is C14H9Cl2N3O. The number of aromatic nitrogens is 2. The minimum Gasteiger partial charge on any atom is -0.367 e. The minimum atomic E-state index is 0.238. The van der Waals surface area contributed by atoms with Gasteiger partial charge in [0.25, 0.3) is 0 Å². The molecule has 0 aliphatic heterocycles. The van der Waals surface area contributed by atoms with E-state index in [2.05, 4.69) is 10.1 Å². The summed E-state index contributed by atoms with van der Waals surface area (Å²) in [7, 11) is 0. The van der Waals surface area contributed by atoms with Crippen LogP contribution in [0.3, 0.4) is 0 Å². The van der Waals surface area contributed by atoms with Crippen molar-refractivity contribution in [2.24, 2.45) is 0 Å². The van der Waals surface area contributed by atoms with Gasteiger partial charge in [-0.05, 0) is 35.9 Å². The Morgan fingerprint density at radius 3 is 2.25 bits per heavy atom. The second kappa shape index (κ2) is 5.15. The fraction of sp³-hybridized carbons (Fsp3) is 0. The SMILES string of the molecule is Nc1onc(-c2cc(Cl)cc(Cl)c2)c1-c1ccncc1. The second-order valence-electron chi connectivity index (χ2n) is 4.16. The number of nitrogen functional groups attached to an aromatic ring is 1. The lowest BCUT2D eigenvalue weighted by atomic mass is 10.0. The molecule has 0 spiro atoms. The average Bonchev–Trinajstić information content (AvgIpc) is 2.80. The van der Waals surface area contributed by atoms with Gasteiger partial charge in [0.1, 0.15) is 5.69 Å². The molecular weight excluding hydrogens is 297 g/mol. The molecule has 3 rings (SSSR count). The number of nitrogens with zero attached hydrogens (tertiary/aromatic N) is 2. The Morgan fingerprint density at radius 2 is 1.60 bits per heavy atom. The lowest BCUT2D eigenvalue weighted by Crippen LogP contribution is -1.88. The first kappa shape index (κ1) is 13.0. The fourth-order valence-corrected chi connectivity index (χ4v) is 2.51. The molecule has 0 atom stereocenters. The predicted octanol–water partition coefficient (Wildman–Crippen LogP) is 4.29. The zero-order chi connectivity index (χ0) is 14.1. The van der Waals surface area contributed by atoms with E-state index in [-0.39, 0.29) is 5.88 Å². The molecule has 0 amide bonds. The average molecular weight is 306 g/mol. The standard InChI is InChI=1S/C14H9Cl2N3O/c15-10-5-9(6-11(16)7-10)13-12(14(17)20-19-13)8-1-3-18-4-2-8/h1-7H,17H2. The summed E-state index contributed by atoms with van der Waals surface area (Å²) >= 11 is 12.0. The highest BCUT2D eigenvalue weighted by Crippen LogP contribution is 2.37. The van der Waals surface area contributed by atoms with E-state index in [0.29, 0.717) is 21.3 Å². The maximum absolute atomic E-state index is 6.02. The van der Waals surface area contributed by atoms with E-state index in [0.717, 1.165) is 11.1 Å². The largest absolute Gasteiger partial charge is 0.367 e. The van der Waals surface area contributed by atoms with Crippen LogP contribution in [-0.4, -0.2) is 10.1 Å². The third kappa shape index (κ3) is 2.35. The molecule has 4 nitrogen and oxygen atoms in total. The summed E-state index contributed by atoms with van der Waals surface area (Å²) in [5, 5.41) is 5.05. The molecule has 3 aromatic rings. The van der Waals surface area contributed by atoms with E-state index >= 15 is 0 Å². The highest BCUT2D eigenvalue weighted by molar-refractivity contribution is 6.35. The van der Waals surface area contributed by atoms with Crippen LogP contribution in [0.1, 0.15) is 0 Å². The maximum Gasteiger partial charge on any atom is 0.230 e. The molecule has 2 aromatic heterocycles. The number of pyridine rings is 1. The van der Waals surface area contributed by atoms with Crippen molar-refractivity contribution < 1.29 is 4.52 Å². The first-order chi connectivity index (χ1) is 9.65. The molecule has 2 N–H and O–H groups in total. The second-order valence-corrected chi connectivity index (χ2v) is 5.04. The van der Waals surface area contributed by atoms with Gasteiger partial charge < -0.3 is 10.3 Å². The van der Waals surface area contributed by atoms with Crippen molar-refractivity contribution in [1.82, 2.24) is 10.1 Å². The van der Waals surface area contributed by atoms with E-state index in [4.69, 9.17) is 33.5 Å². The zero-order valence-electron chi connectivity index (χ0n) is 10.2. The number of rotatable bonds is 2. The smallest absolute Gasteiger partial charge is 0.230 e. The van der Waals surface area contributed by atoms with E-state index in [1.54, 1.807) is 30.6 Å². The number of hydrogen-bond donors (Lipinski definition) is 1. The summed E-state index contributed by atoms with van der Waals surface area (Å²) in [5.74, 6) is 0.238. The Bertz CT molecular complexity index is 736. The van der Waals surface area contributed by atoms with Crippen LogP contribution >= 0.6 is 23.2 Å². The van der Waals surface area contributed by atoms with E-state index < -0.39 is 0 Å². The van der Waals surface area contributed by atoms with Gasteiger partial charge in [-0.2, -0.15) is 0 Å². The molecule has 0 bridgehead atoms. The molecule has 0 aliphatic rings. The minimum absolute atomic E-state index is 0.238. The Hall–Kier alpha value is -2.04. The topological polar surface area (TPSA) is 64.9 Å². The van der Waals surface area contributed by atoms with E-state index in [1.165, 1.54) is 0 Å². The third-order valence-corrected chi connectivity index (χ3v) is 3.26. The molecule has 100 valence electrons. The van der Waals surface area contributed by atoms with Crippen LogP contribution in [0.2, 0.25) is 10.0 Å². The Kier molecular flexibility index (Phi) is 3.34. The Balaban J connectivity index is 2.21. The summed E-state index contributed by atoms with van der Waals surface area (Å²) in [5.41, 5.74) is 8.78. The lowest BCUT2D eigenvalue weighted by Gasteiger charge is -2.03. The van der Waals surface area contributed by atoms with Gasteiger partial charge in [-0.25, -0.2) is 0 Å². The monoisotopic (exact) mass is 305 g/mol. The van der Waals surface area contributed by atoms with Crippen molar-refractivity contribution in [3.63, 3.8) is 0 Å². The highest BCUT2D eigenvalue weighted by Gasteiger charge is 2.18. The first-order valence-corrected chi connectivity index (χ1v) is 6.53. The van der Waals surface area contributed by atoms with Gasteiger partial charge in [0.05, 0.1) is 5.56 Å². The van der Waals surface area contributed by atoms with Crippen LogP contribution in [0.4, 0.5) is 5.88 Å². The molecule has 0 radical (unpaired) electrons. The molecule has 0 saturated heterocycles. The van der Waals surface area contributed by atoms with Crippen LogP contribution in [0.25, 0.3) is 22.4 Å². The van der Waals surface area contributed by atoms with Gasteiger partial charge in [0.15, 0.2) is 0 Å². The Labute approximate surface area is 125 Å². The fourth-order valence-electron chi connectivity index (χ4n) is 1.99. The van der Waals surface area contributed by atoms with Gasteiger partial charge >= 0.3 is 0 Å². The summed E-state index contributed by atoms with van der Waals surface area (Å²) in [4.78, 5) is 3.98. The molecule has 1 aromatic carbocycles. The number of anilines is 1.